The third kappa shape index (κ3) is 3.55. The van der Waals surface area contributed by atoms with Crippen molar-refractivity contribution in [1.82, 2.24) is 0 Å². The van der Waals surface area contributed by atoms with E-state index in [-0.39, 0.29) is 11.9 Å². The monoisotopic (exact) mass is 314 g/mol. The molecule has 1 aliphatic rings. The van der Waals surface area contributed by atoms with Crippen molar-refractivity contribution in [3.05, 3.63) is 34.1 Å². The van der Waals surface area contributed by atoms with Crippen molar-refractivity contribution < 1.29 is 9.50 Å². The molecule has 1 N–H and O–H groups in total. The maximum atomic E-state index is 13.1. The molecule has 1 atom stereocenters. The summed E-state index contributed by atoms with van der Waals surface area (Å²) in [5.41, 5.74) is 0.995. The molecule has 0 radical (unpaired) electrons. The van der Waals surface area contributed by atoms with Gasteiger partial charge in [-0.05, 0) is 64.7 Å². The summed E-state index contributed by atoms with van der Waals surface area (Å²) < 4.78 is 13.6. The lowest BCUT2D eigenvalue weighted by Crippen LogP contribution is -2.26. The van der Waals surface area contributed by atoms with Crippen molar-refractivity contribution in [1.29, 1.82) is 0 Å². The normalized spacial score (nSPS) is 26.0. The summed E-state index contributed by atoms with van der Waals surface area (Å²) in [6.07, 6.45) is 4.99. The lowest BCUT2D eigenvalue weighted by atomic mass is 9.79. The molecule has 1 aromatic carbocycles. The highest BCUT2D eigenvalue weighted by atomic mass is 79.9. The van der Waals surface area contributed by atoms with E-state index in [9.17, 15) is 9.50 Å². The van der Waals surface area contributed by atoms with Crippen LogP contribution in [0.4, 0.5) is 4.39 Å². The second-order valence-electron chi connectivity index (χ2n) is 5.54. The Hall–Kier alpha value is -0.410. The van der Waals surface area contributed by atoms with E-state index in [1.54, 1.807) is 12.1 Å². The molecule has 0 saturated heterocycles. The second kappa shape index (κ2) is 6.16. The molecule has 1 aliphatic carbocycles. The lowest BCUT2D eigenvalue weighted by Gasteiger charge is -2.30. The summed E-state index contributed by atoms with van der Waals surface area (Å²) in [6.45, 7) is 2.28. The first-order valence-corrected chi connectivity index (χ1v) is 7.47. The Labute approximate surface area is 117 Å². The second-order valence-corrected chi connectivity index (χ2v) is 6.39. The van der Waals surface area contributed by atoms with E-state index in [0.717, 1.165) is 24.3 Å². The van der Waals surface area contributed by atoms with Crippen LogP contribution in [0.2, 0.25) is 0 Å². The minimum absolute atomic E-state index is 0.250. The van der Waals surface area contributed by atoms with Gasteiger partial charge in [-0.3, -0.25) is 0 Å². The van der Waals surface area contributed by atoms with E-state index < -0.39 is 0 Å². The molecule has 1 fully saturated rings. The molecule has 1 saturated carbocycles. The van der Waals surface area contributed by atoms with Crippen molar-refractivity contribution in [3.8, 4) is 0 Å². The van der Waals surface area contributed by atoms with Crippen LogP contribution >= 0.6 is 15.9 Å². The Kier molecular flexibility index (Phi) is 4.79. The average Bonchev–Trinajstić information content (AvgIpc) is 2.34. The number of benzene rings is 1. The molecule has 0 heterocycles. The number of rotatable bonds is 3. The van der Waals surface area contributed by atoms with Crippen molar-refractivity contribution in [2.75, 3.05) is 0 Å². The van der Waals surface area contributed by atoms with E-state index in [2.05, 4.69) is 22.9 Å². The van der Waals surface area contributed by atoms with Gasteiger partial charge in [0.05, 0.1) is 10.6 Å². The minimum atomic E-state index is -0.296. The van der Waals surface area contributed by atoms with E-state index in [1.165, 1.54) is 18.9 Å². The molecule has 3 heteroatoms. The van der Waals surface area contributed by atoms with Crippen molar-refractivity contribution in [2.45, 2.75) is 45.1 Å². The van der Waals surface area contributed by atoms with Crippen molar-refractivity contribution >= 4 is 15.9 Å². The predicted octanol–water partition coefficient (Wildman–Crippen LogP) is 4.32. The first-order valence-electron chi connectivity index (χ1n) is 6.68. The fourth-order valence-electron chi connectivity index (χ4n) is 2.75. The van der Waals surface area contributed by atoms with Gasteiger partial charge in [0.15, 0.2) is 0 Å². The van der Waals surface area contributed by atoms with Gasteiger partial charge in [-0.1, -0.05) is 25.8 Å². The average molecular weight is 315 g/mol. The maximum Gasteiger partial charge on any atom is 0.137 e. The smallest absolute Gasteiger partial charge is 0.137 e. The summed E-state index contributed by atoms with van der Waals surface area (Å²) in [4.78, 5) is 0. The van der Waals surface area contributed by atoms with Crippen LogP contribution in [-0.4, -0.2) is 11.2 Å². The van der Waals surface area contributed by atoms with Crippen LogP contribution in [-0.2, 0) is 6.42 Å². The molecule has 0 aliphatic heterocycles. The Bertz CT molecular complexity index is 399. The van der Waals surface area contributed by atoms with Crippen molar-refractivity contribution in [3.63, 3.8) is 0 Å². The van der Waals surface area contributed by atoms with E-state index in [0.29, 0.717) is 16.8 Å². The highest BCUT2D eigenvalue weighted by Crippen LogP contribution is 2.31. The van der Waals surface area contributed by atoms with Gasteiger partial charge in [-0.25, -0.2) is 4.39 Å². The van der Waals surface area contributed by atoms with Gasteiger partial charge in [0.2, 0.25) is 0 Å². The number of aliphatic hydroxyl groups excluding tert-OH is 1. The standard InChI is InChI=1S/C15H20BrFO/c1-10-2-5-12(6-3-10)15(18)9-11-4-7-14(17)13(16)8-11/h4,7-8,10,12,15,18H,2-3,5-6,9H2,1H3. The number of aliphatic hydroxyl groups is 1. The third-order valence-corrected chi connectivity index (χ3v) is 4.64. The molecule has 0 spiro atoms. The van der Waals surface area contributed by atoms with Crippen LogP contribution in [0.5, 0.6) is 0 Å². The zero-order chi connectivity index (χ0) is 13.1. The number of hydrogen-bond donors (Lipinski definition) is 1. The molecule has 100 valence electrons. The van der Waals surface area contributed by atoms with Crippen LogP contribution < -0.4 is 0 Å². The van der Waals surface area contributed by atoms with Crippen LogP contribution in [0.1, 0.15) is 38.2 Å². The summed E-state index contributed by atoms with van der Waals surface area (Å²) in [6, 6.07) is 4.98. The molecule has 1 nitrogen and oxygen atoms in total. The Morgan fingerprint density at radius 3 is 2.61 bits per heavy atom. The van der Waals surface area contributed by atoms with Crippen LogP contribution in [0.25, 0.3) is 0 Å². The molecule has 1 aromatic rings. The quantitative estimate of drug-likeness (QED) is 0.881. The summed E-state index contributed by atoms with van der Waals surface area (Å²) in [5, 5.41) is 10.3. The van der Waals surface area contributed by atoms with Gasteiger partial charge in [0, 0.05) is 0 Å². The molecule has 2 rings (SSSR count). The highest BCUT2D eigenvalue weighted by molar-refractivity contribution is 9.10. The minimum Gasteiger partial charge on any atom is -0.392 e. The SMILES string of the molecule is CC1CCC(C(O)Cc2ccc(F)c(Br)c2)CC1. The molecule has 0 bridgehead atoms. The highest BCUT2D eigenvalue weighted by Gasteiger charge is 2.24. The fourth-order valence-corrected chi connectivity index (χ4v) is 3.17. The van der Waals surface area contributed by atoms with E-state index in [1.807, 2.05) is 0 Å². The summed E-state index contributed by atoms with van der Waals surface area (Å²) in [7, 11) is 0. The molecule has 0 amide bonds. The zero-order valence-corrected chi connectivity index (χ0v) is 12.3. The molecular formula is C15H20BrFO. The molecular weight excluding hydrogens is 295 g/mol. The van der Waals surface area contributed by atoms with Gasteiger partial charge in [0.1, 0.15) is 5.82 Å². The van der Waals surface area contributed by atoms with Crippen LogP contribution in [0.3, 0.4) is 0 Å². The summed E-state index contributed by atoms with van der Waals surface area (Å²) in [5.74, 6) is 0.957. The van der Waals surface area contributed by atoms with Crippen molar-refractivity contribution in [2.24, 2.45) is 11.8 Å². The van der Waals surface area contributed by atoms with Gasteiger partial charge in [-0.2, -0.15) is 0 Å². The van der Waals surface area contributed by atoms with Crippen LogP contribution in [0, 0.1) is 17.7 Å². The molecule has 18 heavy (non-hydrogen) atoms. The number of hydrogen-bond acceptors (Lipinski definition) is 1. The van der Waals surface area contributed by atoms with Gasteiger partial charge >= 0.3 is 0 Å². The van der Waals surface area contributed by atoms with E-state index in [4.69, 9.17) is 0 Å². The fraction of sp³-hybridized carbons (Fsp3) is 0.600. The van der Waals surface area contributed by atoms with E-state index >= 15 is 0 Å². The number of halogens is 2. The summed E-state index contributed by atoms with van der Waals surface area (Å²) >= 11 is 3.18. The topological polar surface area (TPSA) is 20.2 Å². The first-order chi connectivity index (χ1) is 8.56. The van der Waals surface area contributed by atoms with Crippen LogP contribution in [0.15, 0.2) is 22.7 Å². The molecule has 1 unspecified atom stereocenters. The maximum absolute atomic E-state index is 13.1. The van der Waals surface area contributed by atoms with Gasteiger partial charge in [-0.15, -0.1) is 0 Å². The predicted molar refractivity (Wildman–Crippen MR) is 74.9 cm³/mol. The van der Waals surface area contributed by atoms with Gasteiger partial charge < -0.3 is 5.11 Å². The zero-order valence-electron chi connectivity index (χ0n) is 10.7. The third-order valence-electron chi connectivity index (χ3n) is 4.03. The molecule has 0 aromatic heterocycles. The Morgan fingerprint density at radius 2 is 2.00 bits per heavy atom. The lowest BCUT2D eigenvalue weighted by molar-refractivity contribution is 0.0760. The Morgan fingerprint density at radius 1 is 1.33 bits per heavy atom. The Balaban J connectivity index is 1.94. The first kappa shape index (κ1) is 14.0. The largest absolute Gasteiger partial charge is 0.392 e. The van der Waals surface area contributed by atoms with Gasteiger partial charge in [0.25, 0.3) is 0 Å².